The van der Waals surface area contributed by atoms with Gasteiger partial charge in [-0.3, -0.25) is 0 Å². The molecular weight excluding hydrogens is 274 g/mol. The van der Waals surface area contributed by atoms with Gasteiger partial charge in [-0.2, -0.15) is 0 Å². The van der Waals surface area contributed by atoms with Crippen molar-refractivity contribution < 1.29 is 19.2 Å². The minimum absolute atomic E-state index is 0.197. The molecule has 2 N–H and O–H groups in total. The summed E-state index contributed by atoms with van der Waals surface area (Å²) in [4.78, 5) is 25.2. The first-order chi connectivity index (χ1) is 9.81. The summed E-state index contributed by atoms with van der Waals surface area (Å²) in [5.41, 5.74) is 0.298. The zero-order chi connectivity index (χ0) is 15.6. The van der Waals surface area contributed by atoms with Crippen LogP contribution in [0.5, 0.6) is 0 Å². The predicted molar refractivity (Wildman–Crippen MR) is 74.6 cm³/mol. The van der Waals surface area contributed by atoms with E-state index in [0.717, 1.165) is 18.5 Å². The number of aryl methyl sites for hydroxylation is 1. The number of piperidine rings is 1. The van der Waals surface area contributed by atoms with Gasteiger partial charge in [-0.15, -0.1) is 0 Å². The lowest BCUT2D eigenvalue weighted by atomic mass is 9.76. The van der Waals surface area contributed by atoms with E-state index in [9.17, 15) is 14.7 Å². The molecule has 0 aliphatic carbocycles. The Hall–Kier alpha value is -2.05. The van der Waals surface area contributed by atoms with Crippen molar-refractivity contribution in [1.82, 2.24) is 15.4 Å². The van der Waals surface area contributed by atoms with Crippen molar-refractivity contribution in [2.75, 3.05) is 6.54 Å². The van der Waals surface area contributed by atoms with E-state index >= 15 is 0 Å². The summed E-state index contributed by atoms with van der Waals surface area (Å²) in [5, 5.41) is 15.9. The van der Waals surface area contributed by atoms with Gasteiger partial charge in [0.05, 0.1) is 12.2 Å². The molecule has 1 atom stereocenters. The van der Waals surface area contributed by atoms with Crippen molar-refractivity contribution in [3.63, 3.8) is 0 Å². The second kappa shape index (κ2) is 5.75. The van der Waals surface area contributed by atoms with Crippen LogP contribution in [0, 0.1) is 12.3 Å². The third-order valence-corrected chi connectivity index (χ3v) is 3.86. The Morgan fingerprint density at radius 2 is 2.29 bits per heavy atom. The fourth-order valence-corrected chi connectivity index (χ4v) is 2.84. The smallest absolute Gasteiger partial charge is 0.327 e. The second-order valence-electron chi connectivity index (χ2n) is 6.12. The van der Waals surface area contributed by atoms with Gasteiger partial charge in [0.15, 0.2) is 5.76 Å². The molecule has 1 saturated heterocycles. The molecule has 1 unspecified atom stereocenters. The van der Waals surface area contributed by atoms with Gasteiger partial charge >= 0.3 is 12.0 Å². The maximum atomic E-state index is 12.3. The van der Waals surface area contributed by atoms with E-state index in [4.69, 9.17) is 4.52 Å². The van der Waals surface area contributed by atoms with E-state index in [0.29, 0.717) is 12.3 Å². The number of carbonyl (C=O) groups excluding carboxylic acids is 1. The number of rotatable bonds is 3. The molecule has 1 aliphatic heterocycles. The average Bonchev–Trinajstić information content (AvgIpc) is 2.79. The van der Waals surface area contributed by atoms with Crippen LogP contribution in [0.4, 0.5) is 4.79 Å². The first-order valence-corrected chi connectivity index (χ1v) is 7.01. The van der Waals surface area contributed by atoms with E-state index in [1.807, 2.05) is 13.8 Å². The molecule has 0 saturated carbocycles. The van der Waals surface area contributed by atoms with Crippen LogP contribution in [0.25, 0.3) is 0 Å². The number of nitrogens with zero attached hydrogens (tertiary/aromatic N) is 2. The Balaban J connectivity index is 2.04. The van der Waals surface area contributed by atoms with Crippen LogP contribution >= 0.6 is 0 Å². The highest BCUT2D eigenvalue weighted by Crippen LogP contribution is 2.35. The van der Waals surface area contributed by atoms with Crippen LogP contribution < -0.4 is 5.32 Å². The monoisotopic (exact) mass is 295 g/mol. The molecule has 0 radical (unpaired) electrons. The molecule has 7 heteroatoms. The summed E-state index contributed by atoms with van der Waals surface area (Å²) in [7, 11) is 0. The van der Waals surface area contributed by atoms with E-state index in [2.05, 4.69) is 10.5 Å². The number of likely N-dealkylation sites (tertiary alicyclic amines) is 1. The minimum atomic E-state index is -0.967. The fraction of sp³-hybridized carbons (Fsp3) is 0.643. The number of carbonyl (C=O) groups is 2. The van der Waals surface area contributed by atoms with Crippen LogP contribution in [0.2, 0.25) is 0 Å². The lowest BCUT2D eigenvalue weighted by Crippen LogP contribution is -2.58. The highest BCUT2D eigenvalue weighted by Gasteiger charge is 2.44. The Kier molecular flexibility index (Phi) is 4.20. The van der Waals surface area contributed by atoms with Crippen LogP contribution in [-0.4, -0.2) is 39.8 Å². The number of urea groups is 1. The second-order valence-corrected chi connectivity index (χ2v) is 6.12. The fourth-order valence-electron chi connectivity index (χ4n) is 2.84. The van der Waals surface area contributed by atoms with E-state index < -0.39 is 17.4 Å². The van der Waals surface area contributed by atoms with Crippen molar-refractivity contribution in [2.45, 2.75) is 46.2 Å². The Morgan fingerprint density at radius 3 is 2.86 bits per heavy atom. The molecule has 1 aromatic heterocycles. The highest BCUT2D eigenvalue weighted by molar-refractivity contribution is 5.83. The molecule has 2 heterocycles. The Morgan fingerprint density at radius 1 is 1.57 bits per heavy atom. The van der Waals surface area contributed by atoms with E-state index in [1.165, 1.54) is 4.90 Å². The summed E-state index contributed by atoms with van der Waals surface area (Å²) in [6.45, 7) is 6.20. The molecule has 1 fully saturated rings. The molecule has 0 spiro atoms. The summed E-state index contributed by atoms with van der Waals surface area (Å²) >= 11 is 0. The van der Waals surface area contributed by atoms with Crippen LogP contribution in [0.1, 0.15) is 38.1 Å². The minimum Gasteiger partial charge on any atom is -0.480 e. The maximum absolute atomic E-state index is 12.3. The molecule has 116 valence electrons. The first kappa shape index (κ1) is 15.3. The van der Waals surface area contributed by atoms with Gasteiger partial charge in [0, 0.05) is 12.6 Å². The van der Waals surface area contributed by atoms with Crippen molar-refractivity contribution in [2.24, 2.45) is 5.41 Å². The summed E-state index contributed by atoms with van der Waals surface area (Å²) < 4.78 is 5.02. The van der Waals surface area contributed by atoms with E-state index in [-0.39, 0.29) is 12.6 Å². The SMILES string of the molecule is Cc1cc(CNC(=O)N2CCCC(C)(C)C2C(=O)O)on1. The third-order valence-electron chi connectivity index (χ3n) is 3.86. The topological polar surface area (TPSA) is 95.7 Å². The number of hydrogen-bond acceptors (Lipinski definition) is 4. The molecular formula is C14H21N3O4. The van der Waals surface area contributed by atoms with Gasteiger partial charge in [0.2, 0.25) is 0 Å². The lowest BCUT2D eigenvalue weighted by Gasteiger charge is -2.43. The van der Waals surface area contributed by atoms with Crippen LogP contribution in [0.15, 0.2) is 10.6 Å². The Labute approximate surface area is 123 Å². The number of carboxylic acid groups (broad SMARTS) is 1. The van der Waals surface area contributed by atoms with Gasteiger partial charge in [-0.05, 0) is 25.2 Å². The number of amides is 2. The molecule has 21 heavy (non-hydrogen) atoms. The van der Waals surface area contributed by atoms with Crippen molar-refractivity contribution in [1.29, 1.82) is 0 Å². The molecule has 7 nitrogen and oxygen atoms in total. The number of hydrogen-bond donors (Lipinski definition) is 2. The van der Waals surface area contributed by atoms with Gasteiger partial charge in [0.25, 0.3) is 0 Å². The van der Waals surface area contributed by atoms with Gasteiger partial charge < -0.3 is 19.8 Å². The highest BCUT2D eigenvalue weighted by atomic mass is 16.5. The molecule has 2 rings (SSSR count). The quantitative estimate of drug-likeness (QED) is 0.886. The van der Waals surface area contributed by atoms with Crippen molar-refractivity contribution in [3.05, 3.63) is 17.5 Å². The van der Waals surface area contributed by atoms with Gasteiger partial charge in [-0.1, -0.05) is 19.0 Å². The summed E-state index contributed by atoms with van der Waals surface area (Å²) in [6, 6.07) is 0.529. The number of nitrogens with one attached hydrogen (secondary N) is 1. The third kappa shape index (κ3) is 3.34. The standard InChI is InChI=1S/C14H21N3O4/c1-9-7-10(21-16-9)8-15-13(20)17-6-4-5-14(2,3)11(17)12(18)19/h7,11H,4-6,8H2,1-3H3,(H,15,20)(H,18,19). The zero-order valence-corrected chi connectivity index (χ0v) is 12.5. The average molecular weight is 295 g/mol. The van der Waals surface area contributed by atoms with Crippen molar-refractivity contribution >= 4 is 12.0 Å². The largest absolute Gasteiger partial charge is 0.480 e. The lowest BCUT2D eigenvalue weighted by molar-refractivity contribution is -0.148. The van der Waals surface area contributed by atoms with Crippen LogP contribution in [-0.2, 0) is 11.3 Å². The molecule has 1 aliphatic rings. The summed E-state index contributed by atoms with van der Waals surface area (Å²) in [6.07, 6.45) is 1.58. The van der Waals surface area contributed by atoms with Gasteiger partial charge in [0.1, 0.15) is 6.04 Å². The number of aromatic nitrogens is 1. The molecule has 0 aromatic carbocycles. The van der Waals surface area contributed by atoms with Gasteiger partial charge in [-0.25, -0.2) is 9.59 Å². The number of carboxylic acids is 1. The maximum Gasteiger partial charge on any atom is 0.327 e. The molecule has 0 bridgehead atoms. The number of aliphatic carboxylic acids is 1. The van der Waals surface area contributed by atoms with Crippen molar-refractivity contribution in [3.8, 4) is 0 Å². The van der Waals surface area contributed by atoms with Crippen LogP contribution in [0.3, 0.4) is 0 Å². The molecule has 1 aromatic rings. The first-order valence-electron chi connectivity index (χ1n) is 7.01. The Bertz CT molecular complexity index is 538. The molecule has 2 amide bonds. The normalized spacial score (nSPS) is 21.1. The summed E-state index contributed by atoms with van der Waals surface area (Å²) in [5.74, 6) is -0.422. The predicted octanol–water partition coefficient (Wildman–Crippen LogP) is 1.77. The zero-order valence-electron chi connectivity index (χ0n) is 12.5. The van der Waals surface area contributed by atoms with E-state index in [1.54, 1.807) is 13.0 Å².